The number of imide groups is 1. The summed E-state index contributed by atoms with van der Waals surface area (Å²) in [6, 6.07) is 3.80. The number of phenolic OH excluding ortho intramolecular Hbond substituents is 1. The van der Waals surface area contributed by atoms with Crippen LogP contribution in [-0.4, -0.2) is 26.5 Å². The van der Waals surface area contributed by atoms with Gasteiger partial charge in [-0.25, -0.2) is 4.98 Å². The van der Waals surface area contributed by atoms with Crippen LogP contribution in [-0.2, 0) is 9.59 Å². The first-order chi connectivity index (χ1) is 10.5. The maximum atomic E-state index is 12.7. The van der Waals surface area contributed by atoms with Crippen LogP contribution in [0.3, 0.4) is 0 Å². The smallest absolute Gasteiger partial charge is 0.262 e. The fourth-order valence-electron chi connectivity index (χ4n) is 2.80. The molecule has 3 rings (SSSR count). The Balaban J connectivity index is 2.21. The molecule has 0 aliphatic carbocycles. The third-order valence-corrected chi connectivity index (χ3v) is 3.84. The third kappa shape index (κ3) is 2.24. The van der Waals surface area contributed by atoms with Gasteiger partial charge in [-0.1, -0.05) is 6.07 Å². The molecular weight excluding hydrogens is 286 g/mol. The molecule has 0 spiro atoms. The van der Waals surface area contributed by atoms with E-state index in [-0.39, 0.29) is 29.0 Å². The Morgan fingerprint density at radius 2 is 2.09 bits per heavy atom. The fraction of sp³-hybridized carbons (Fsp3) is 0.333. The molecule has 22 heavy (non-hydrogen) atoms. The molecular formula is C15H15N3O4. The zero-order valence-corrected chi connectivity index (χ0v) is 12.0. The Kier molecular flexibility index (Phi) is 3.40. The van der Waals surface area contributed by atoms with Crippen LogP contribution < -0.4 is 10.9 Å². The number of aromatic hydroxyl groups is 1. The quantitative estimate of drug-likeness (QED) is 0.758. The first-order valence-electron chi connectivity index (χ1n) is 7.03. The molecule has 7 heteroatoms. The number of benzene rings is 1. The first kappa shape index (κ1) is 14.2. The largest absolute Gasteiger partial charge is 0.506 e. The minimum atomic E-state index is -0.766. The molecule has 114 valence electrons. The van der Waals surface area contributed by atoms with E-state index in [4.69, 9.17) is 0 Å². The van der Waals surface area contributed by atoms with Gasteiger partial charge in [0.15, 0.2) is 0 Å². The van der Waals surface area contributed by atoms with Crippen LogP contribution in [0.4, 0.5) is 0 Å². The van der Waals surface area contributed by atoms with Gasteiger partial charge in [0.05, 0.1) is 5.39 Å². The molecule has 2 heterocycles. The molecule has 1 aromatic heterocycles. The van der Waals surface area contributed by atoms with E-state index in [9.17, 15) is 19.5 Å². The number of hydrogen-bond acceptors (Lipinski definition) is 5. The van der Waals surface area contributed by atoms with Gasteiger partial charge in [-0.2, -0.15) is 0 Å². The van der Waals surface area contributed by atoms with Crippen molar-refractivity contribution in [3.63, 3.8) is 0 Å². The zero-order valence-electron chi connectivity index (χ0n) is 12.0. The van der Waals surface area contributed by atoms with E-state index >= 15 is 0 Å². The summed E-state index contributed by atoms with van der Waals surface area (Å²) < 4.78 is 1.30. The Morgan fingerprint density at radius 1 is 1.32 bits per heavy atom. The van der Waals surface area contributed by atoms with Crippen molar-refractivity contribution in [1.29, 1.82) is 0 Å². The molecule has 1 atom stereocenters. The topological polar surface area (TPSA) is 101 Å². The van der Waals surface area contributed by atoms with E-state index in [1.165, 1.54) is 10.6 Å². The second-order valence-electron chi connectivity index (χ2n) is 5.33. The van der Waals surface area contributed by atoms with E-state index in [0.717, 1.165) is 0 Å². The molecule has 2 aromatic rings. The van der Waals surface area contributed by atoms with Crippen molar-refractivity contribution in [2.75, 3.05) is 0 Å². The Labute approximate surface area is 125 Å². The van der Waals surface area contributed by atoms with E-state index < -0.39 is 17.5 Å². The van der Waals surface area contributed by atoms with Crippen molar-refractivity contribution in [3.8, 4) is 5.75 Å². The van der Waals surface area contributed by atoms with Crippen LogP contribution in [0.5, 0.6) is 5.75 Å². The number of nitrogens with zero attached hydrogens (tertiary/aromatic N) is 2. The van der Waals surface area contributed by atoms with Crippen molar-refractivity contribution < 1.29 is 14.7 Å². The zero-order chi connectivity index (χ0) is 15.9. The average Bonchev–Trinajstić information content (AvgIpc) is 2.62. The van der Waals surface area contributed by atoms with E-state index in [1.54, 1.807) is 19.1 Å². The van der Waals surface area contributed by atoms with Gasteiger partial charge in [-0.05, 0) is 31.9 Å². The van der Waals surface area contributed by atoms with Crippen LogP contribution in [0, 0.1) is 6.92 Å². The fourth-order valence-corrected chi connectivity index (χ4v) is 2.80. The van der Waals surface area contributed by atoms with Crippen molar-refractivity contribution >= 4 is 22.7 Å². The lowest BCUT2D eigenvalue weighted by Crippen LogP contribution is -2.39. The molecule has 7 nitrogen and oxygen atoms in total. The number of carbonyl (C=O) groups is 2. The SMILES string of the molecule is Cc1nc2c(O)cccc2c(=O)n1C1CCCC(=O)NC1=O. The highest BCUT2D eigenvalue weighted by Gasteiger charge is 2.28. The summed E-state index contributed by atoms with van der Waals surface area (Å²) in [6.45, 7) is 1.60. The maximum absolute atomic E-state index is 12.7. The summed E-state index contributed by atoms with van der Waals surface area (Å²) in [7, 11) is 0. The summed E-state index contributed by atoms with van der Waals surface area (Å²) in [5.74, 6) is -0.572. The molecule has 1 unspecified atom stereocenters. The highest BCUT2D eigenvalue weighted by Crippen LogP contribution is 2.23. The van der Waals surface area contributed by atoms with Crippen LogP contribution in [0.25, 0.3) is 10.9 Å². The molecule has 1 aromatic carbocycles. The van der Waals surface area contributed by atoms with Gasteiger partial charge in [0, 0.05) is 6.42 Å². The van der Waals surface area contributed by atoms with Gasteiger partial charge in [-0.3, -0.25) is 24.3 Å². The number of phenols is 1. The number of para-hydroxylation sites is 1. The molecule has 1 saturated heterocycles. The predicted octanol–water partition coefficient (Wildman–Crippen LogP) is 0.778. The standard InChI is InChI=1S/C15H15N3O4/c1-8-16-13-9(4-2-6-11(13)19)15(22)18(8)10-5-3-7-12(20)17-14(10)21/h2,4,6,10,19H,3,5,7H2,1H3,(H,17,20,21). The first-order valence-corrected chi connectivity index (χ1v) is 7.03. The van der Waals surface area contributed by atoms with Crippen molar-refractivity contribution in [1.82, 2.24) is 14.9 Å². The summed E-state index contributed by atoms with van der Waals surface area (Å²) in [6.07, 6.45) is 1.17. The second-order valence-corrected chi connectivity index (χ2v) is 5.33. The minimum absolute atomic E-state index is 0.0784. The molecule has 1 aliphatic rings. The molecule has 0 radical (unpaired) electrons. The van der Waals surface area contributed by atoms with Crippen LogP contribution in [0.15, 0.2) is 23.0 Å². The average molecular weight is 301 g/mol. The Bertz CT molecular complexity index is 841. The lowest BCUT2D eigenvalue weighted by molar-refractivity contribution is -0.131. The molecule has 2 N–H and O–H groups in total. The highest BCUT2D eigenvalue weighted by molar-refractivity contribution is 5.98. The molecule has 0 bridgehead atoms. The van der Waals surface area contributed by atoms with Gasteiger partial charge in [0.1, 0.15) is 23.1 Å². The van der Waals surface area contributed by atoms with Gasteiger partial charge >= 0.3 is 0 Å². The summed E-state index contributed by atoms with van der Waals surface area (Å²) in [4.78, 5) is 40.5. The van der Waals surface area contributed by atoms with Crippen molar-refractivity contribution in [2.24, 2.45) is 0 Å². The molecule has 1 aliphatic heterocycles. The monoisotopic (exact) mass is 301 g/mol. The normalized spacial score (nSPS) is 19.0. The Morgan fingerprint density at radius 3 is 2.86 bits per heavy atom. The molecule has 2 amide bonds. The predicted molar refractivity (Wildman–Crippen MR) is 78.4 cm³/mol. The number of aromatic nitrogens is 2. The second kappa shape index (κ2) is 5.25. The summed E-state index contributed by atoms with van der Waals surface area (Å²) in [5, 5.41) is 12.4. The van der Waals surface area contributed by atoms with Gasteiger partial charge in [-0.15, -0.1) is 0 Å². The number of nitrogens with one attached hydrogen (secondary N) is 1. The minimum Gasteiger partial charge on any atom is -0.506 e. The summed E-state index contributed by atoms with van der Waals surface area (Å²) in [5.41, 5.74) is -0.181. The van der Waals surface area contributed by atoms with Crippen LogP contribution in [0.2, 0.25) is 0 Å². The number of fused-ring (bicyclic) bond motifs is 1. The van der Waals surface area contributed by atoms with Gasteiger partial charge in [0.2, 0.25) is 11.8 Å². The van der Waals surface area contributed by atoms with Gasteiger partial charge in [0.25, 0.3) is 5.56 Å². The molecule has 1 fully saturated rings. The van der Waals surface area contributed by atoms with Crippen LogP contribution in [0.1, 0.15) is 31.1 Å². The lowest BCUT2D eigenvalue weighted by atomic mass is 10.1. The van der Waals surface area contributed by atoms with Crippen molar-refractivity contribution in [2.45, 2.75) is 32.2 Å². The number of aryl methyl sites for hydroxylation is 1. The third-order valence-electron chi connectivity index (χ3n) is 3.84. The van der Waals surface area contributed by atoms with E-state index in [2.05, 4.69) is 10.3 Å². The van der Waals surface area contributed by atoms with Gasteiger partial charge < -0.3 is 5.11 Å². The number of hydrogen-bond donors (Lipinski definition) is 2. The summed E-state index contributed by atoms with van der Waals surface area (Å²) >= 11 is 0. The van der Waals surface area contributed by atoms with E-state index in [0.29, 0.717) is 18.7 Å². The van der Waals surface area contributed by atoms with E-state index in [1.807, 2.05) is 0 Å². The number of carbonyl (C=O) groups excluding carboxylic acids is 2. The maximum Gasteiger partial charge on any atom is 0.262 e. The molecule has 0 saturated carbocycles. The highest BCUT2D eigenvalue weighted by atomic mass is 16.3. The van der Waals surface area contributed by atoms with Crippen LogP contribution >= 0.6 is 0 Å². The van der Waals surface area contributed by atoms with Crippen molar-refractivity contribution in [3.05, 3.63) is 34.4 Å². The lowest BCUT2D eigenvalue weighted by Gasteiger charge is -2.19. The Hall–Kier alpha value is -2.70. The number of rotatable bonds is 1. The number of amides is 2.